The zero-order valence-electron chi connectivity index (χ0n) is 20.1. The average Bonchev–Trinajstić information content (AvgIpc) is 2.76. The van der Waals surface area contributed by atoms with E-state index in [9.17, 15) is 9.18 Å². The molecule has 2 heterocycles. The second-order valence-corrected chi connectivity index (χ2v) is 10.3. The van der Waals surface area contributed by atoms with Gasteiger partial charge >= 0.3 is 0 Å². The van der Waals surface area contributed by atoms with E-state index in [-0.39, 0.29) is 17.2 Å². The Balaban J connectivity index is 1.45. The number of fused-ring (bicyclic) bond motifs is 1. The number of aryl methyl sites for hydroxylation is 2. The minimum absolute atomic E-state index is 0.0267. The highest BCUT2D eigenvalue weighted by molar-refractivity contribution is 5.93. The summed E-state index contributed by atoms with van der Waals surface area (Å²) in [6, 6.07) is 11.8. The molecule has 0 aliphatic heterocycles. The standard InChI is InChI=1S/C27H33FN4O/c1-16-6-13-22-20(14-16)23(15-24(32-22)27(3,4)5)30-18-8-10-19(11-9-18)31-26(33)25-21(28)12-7-17(2)29-25/h6-7,12-15,18-19H,8-11H2,1-5H3,(H,30,32)(H,31,33). The first-order valence-corrected chi connectivity index (χ1v) is 11.7. The summed E-state index contributed by atoms with van der Waals surface area (Å²) < 4.78 is 14.0. The smallest absolute Gasteiger partial charge is 0.273 e. The van der Waals surface area contributed by atoms with E-state index in [1.165, 1.54) is 11.6 Å². The molecule has 0 saturated heterocycles. The van der Waals surface area contributed by atoms with Crippen molar-refractivity contribution in [3.8, 4) is 0 Å². The number of carbonyl (C=O) groups excluding carboxylic acids is 1. The third-order valence-electron chi connectivity index (χ3n) is 6.35. The topological polar surface area (TPSA) is 66.9 Å². The van der Waals surface area contributed by atoms with Crippen LogP contribution in [0, 0.1) is 19.7 Å². The molecule has 0 unspecified atom stereocenters. The van der Waals surface area contributed by atoms with E-state index in [1.807, 2.05) is 0 Å². The largest absolute Gasteiger partial charge is 0.382 e. The Kier molecular flexibility index (Phi) is 6.37. The number of rotatable bonds is 4. The first-order valence-electron chi connectivity index (χ1n) is 11.7. The van der Waals surface area contributed by atoms with Crippen molar-refractivity contribution in [3.05, 3.63) is 64.9 Å². The molecule has 2 aromatic heterocycles. The van der Waals surface area contributed by atoms with E-state index in [0.29, 0.717) is 11.7 Å². The Morgan fingerprint density at radius 1 is 0.970 bits per heavy atom. The van der Waals surface area contributed by atoms with Gasteiger partial charge in [0.15, 0.2) is 11.5 Å². The zero-order chi connectivity index (χ0) is 23.8. The zero-order valence-corrected chi connectivity index (χ0v) is 20.1. The highest BCUT2D eigenvalue weighted by Gasteiger charge is 2.25. The fraction of sp³-hybridized carbons (Fsp3) is 0.444. The maximum atomic E-state index is 14.0. The van der Waals surface area contributed by atoms with Crippen LogP contribution in [0.25, 0.3) is 10.9 Å². The molecular weight excluding hydrogens is 415 g/mol. The van der Waals surface area contributed by atoms with Crippen molar-refractivity contribution in [2.24, 2.45) is 0 Å². The third-order valence-corrected chi connectivity index (χ3v) is 6.35. The number of amides is 1. The Bertz CT molecular complexity index is 1180. The van der Waals surface area contributed by atoms with E-state index in [0.717, 1.165) is 48.0 Å². The molecule has 0 bridgehead atoms. The highest BCUT2D eigenvalue weighted by atomic mass is 19.1. The summed E-state index contributed by atoms with van der Waals surface area (Å²) in [5.74, 6) is -1.01. The Hall–Kier alpha value is -3.02. The number of aromatic nitrogens is 2. The number of nitrogens with zero attached hydrogens (tertiary/aromatic N) is 2. The number of halogens is 1. The molecule has 1 aliphatic rings. The number of anilines is 1. The molecule has 1 fully saturated rings. The lowest BCUT2D eigenvalue weighted by molar-refractivity contribution is 0.0916. The van der Waals surface area contributed by atoms with Gasteiger partial charge in [0.25, 0.3) is 5.91 Å². The molecule has 4 rings (SSSR count). The van der Waals surface area contributed by atoms with Crippen molar-refractivity contribution in [1.82, 2.24) is 15.3 Å². The summed E-state index contributed by atoms with van der Waals surface area (Å²) >= 11 is 0. The number of benzene rings is 1. The maximum Gasteiger partial charge on any atom is 0.273 e. The molecule has 3 aromatic rings. The van der Waals surface area contributed by atoms with Gasteiger partial charge in [-0.05, 0) is 69.9 Å². The lowest BCUT2D eigenvalue weighted by Gasteiger charge is -2.31. The van der Waals surface area contributed by atoms with Gasteiger partial charge in [-0.25, -0.2) is 9.37 Å². The van der Waals surface area contributed by atoms with Crippen LogP contribution in [-0.4, -0.2) is 28.0 Å². The van der Waals surface area contributed by atoms with Crippen LogP contribution in [-0.2, 0) is 5.41 Å². The number of carbonyl (C=O) groups is 1. The molecular formula is C27H33FN4O. The van der Waals surface area contributed by atoms with Crippen molar-refractivity contribution in [2.75, 3.05) is 5.32 Å². The predicted octanol–water partition coefficient (Wildman–Crippen LogP) is 5.84. The van der Waals surface area contributed by atoms with Crippen molar-refractivity contribution in [2.45, 2.75) is 77.8 Å². The molecule has 33 heavy (non-hydrogen) atoms. The molecule has 1 aliphatic carbocycles. The van der Waals surface area contributed by atoms with Gasteiger partial charge in [0.05, 0.1) is 5.52 Å². The fourth-order valence-corrected chi connectivity index (χ4v) is 4.40. The van der Waals surface area contributed by atoms with E-state index in [2.05, 4.69) is 67.6 Å². The monoisotopic (exact) mass is 448 g/mol. The van der Waals surface area contributed by atoms with Gasteiger partial charge in [-0.15, -0.1) is 0 Å². The quantitative estimate of drug-likeness (QED) is 0.526. The summed E-state index contributed by atoms with van der Waals surface area (Å²) in [6.07, 6.45) is 3.53. The molecule has 2 N–H and O–H groups in total. The third kappa shape index (κ3) is 5.32. The minimum atomic E-state index is -0.581. The van der Waals surface area contributed by atoms with Crippen LogP contribution in [0.5, 0.6) is 0 Å². The van der Waals surface area contributed by atoms with Crippen LogP contribution in [0.4, 0.5) is 10.1 Å². The summed E-state index contributed by atoms with van der Waals surface area (Å²) in [7, 11) is 0. The first kappa shape index (κ1) is 23.1. The van der Waals surface area contributed by atoms with Gasteiger partial charge < -0.3 is 10.6 Å². The van der Waals surface area contributed by atoms with Gasteiger partial charge in [0.1, 0.15) is 0 Å². The first-order chi connectivity index (χ1) is 15.6. The second-order valence-electron chi connectivity index (χ2n) is 10.3. The molecule has 1 aromatic carbocycles. The van der Waals surface area contributed by atoms with Gasteiger partial charge in [0, 0.05) is 40.0 Å². The van der Waals surface area contributed by atoms with Gasteiger partial charge in [-0.3, -0.25) is 9.78 Å². The van der Waals surface area contributed by atoms with Crippen LogP contribution in [0.2, 0.25) is 0 Å². The summed E-state index contributed by atoms with van der Waals surface area (Å²) in [5, 5.41) is 7.87. The van der Waals surface area contributed by atoms with Crippen molar-refractivity contribution >= 4 is 22.5 Å². The predicted molar refractivity (Wildman–Crippen MR) is 131 cm³/mol. The molecule has 0 radical (unpaired) electrons. The van der Waals surface area contributed by atoms with Gasteiger partial charge in [-0.1, -0.05) is 32.4 Å². The van der Waals surface area contributed by atoms with E-state index in [4.69, 9.17) is 4.98 Å². The van der Waals surface area contributed by atoms with Gasteiger partial charge in [-0.2, -0.15) is 0 Å². The minimum Gasteiger partial charge on any atom is -0.382 e. The molecule has 174 valence electrons. The van der Waals surface area contributed by atoms with E-state index < -0.39 is 11.7 Å². The van der Waals surface area contributed by atoms with E-state index in [1.54, 1.807) is 13.0 Å². The van der Waals surface area contributed by atoms with Gasteiger partial charge in [0.2, 0.25) is 0 Å². The molecule has 5 nitrogen and oxygen atoms in total. The van der Waals surface area contributed by atoms with Crippen LogP contribution >= 0.6 is 0 Å². The fourth-order valence-electron chi connectivity index (χ4n) is 4.40. The van der Waals surface area contributed by atoms with Crippen molar-refractivity contribution in [1.29, 1.82) is 0 Å². The van der Waals surface area contributed by atoms with E-state index >= 15 is 0 Å². The number of hydrogen-bond donors (Lipinski definition) is 2. The van der Waals surface area contributed by atoms with Crippen LogP contribution < -0.4 is 10.6 Å². The summed E-state index contributed by atoms with van der Waals surface area (Å²) in [6.45, 7) is 10.4. The summed E-state index contributed by atoms with van der Waals surface area (Å²) in [4.78, 5) is 21.5. The number of pyridine rings is 2. The lowest BCUT2D eigenvalue weighted by Crippen LogP contribution is -2.40. The molecule has 6 heteroatoms. The van der Waals surface area contributed by atoms with Crippen LogP contribution in [0.1, 0.15) is 73.9 Å². The lowest BCUT2D eigenvalue weighted by atomic mass is 9.89. The Morgan fingerprint density at radius 2 is 1.67 bits per heavy atom. The molecule has 1 amide bonds. The van der Waals surface area contributed by atoms with Crippen LogP contribution in [0.3, 0.4) is 0 Å². The molecule has 0 spiro atoms. The second kappa shape index (κ2) is 9.08. The average molecular weight is 449 g/mol. The highest BCUT2D eigenvalue weighted by Crippen LogP contribution is 2.32. The van der Waals surface area contributed by atoms with Crippen LogP contribution in [0.15, 0.2) is 36.4 Å². The number of nitrogens with one attached hydrogen (secondary N) is 2. The SMILES string of the molecule is Cc1ccc2nc(C(C)(C)C)cc(NC3CCC(NC(=O)c4nc(C)ccc4F)CC3)c2c1. The number of hydrogen-bond acceptors (Lipinski definition) is 4. The molecule has 1 saturated carbocycles. The van der Waals surface area contributed by atoms with Crippen molar-refractivity contribution in [3.63, 3.8) is 0 Å². The van der Waals surface area contributed by atoms with Crippen molar-refractivity contribution < 1.29 is 9.18 Å². The normalized spacial score (nSPS) is 18.8. The summed E-state index contributed by atoms with van der Waals surface area (Å²) in [5.41, 5.74) is 4.86. The maximum absolute atomic E-state index is 14.0. The Labute approximate surface area is 195 Å². The molecule has 0 atom stereocenters. The Morgan fingerprint density at radius 3 is 2.36 bits per heavy atom.